The van der Waals surface area contributed by atoms with Gasteiger partial charge in [0, 0.05) is 45.7 Å². The van der Waals surface area contributed by atoms with Crippen molar-refractivity contribution in [3.05, 3.63) is 35.9 Å². The molecule has 0 bridgehead atoms. The maximum atomic E-state index is 12.7. The fraction of sp³-hybridized carbons (Fsp3) is 0.600. The van der Waals surface area contributed by atoms with Gasteiger partial charge in [-0.15, -0.1) is 0 Å². The first kappa shape index (κ1) is 21.2. The van der Waals surface area contributed by atoms with Gasteiger partial charge >= 0.3 is 6.03 Å². The third-order valence-electron chi connectivity index (χ3n) is 4.46. The largest absolute Gasteiger partial charge is 0.374 e. The van der Waals surface area contributed by atoms with E-state index in [1.54, 1.807) is 4.90 Å². The predicted octanol–water partition coefficient (Wildman–Crippen LogP) is 1.43. The Kier molecular flexibility index (Phi) is 8.54. The summed E-state index contributed by atoms with van der Waals surface area (Å²) in [5.41, 5.74) is 6.27. The first-order valence-corrected chi connectivity index (χ1v) is 9.63. The van der Waals surface area contributed by atoms with Gasteiger partial charge in [-0.05, 0) is 11.5 Å². The molecule has 1 unspecified atom stereocenters. The van der Waals surface area contributed by atoms with Crippen LogP contribution in [0.4, 0.5) is 4.79 Å². The van der Waals surface area contributed by atoms with Gasteiger partial charge in [0.25, 0.3) is 0 Å². The molecule has 1 fully saturated rings. The highest BCUT2D eigenvalue weighted by Gasteiger charge is 2.22. The highest BCUT2D eigenvalue weighted by Crippen LogP contribution is 2.09. The van der Waals surface area contributed by atoms with Gasteiger partial charge in [0.15, 0.2) is 0 Å². The highest BCUT2D eigenvalue weighted by atomic mass is 16.5. The summed E-state index contributed by atoms with van der Waals surface area (Å²) in [5, 5.41) is 2.95. The second-order valence-electron chi connectivity index (χ2n) is 7.46. The minimum atomic E-state index is -0.416. The van der Waals surface area contributed by atoms with E-state index in [2.05, 4.69) is 24.1 Å². The van der Waals surface area contributed by atoms with Gasteiger partial charge in [-0.1, -0.05) is 44.2 Å². The van der Waals surface area contributed by atoms with Crippen molar-refractivity contribution in [3.8, 4) is 0 Å². The molecule has 7 nitrogen and oxygen atoms in total. The lowest BCUT2D eigenvalue weighted by molar-refractivity contribution is -0.118. The molecule has 150 valence electrons. The lowest BCUT2D eigenvalue weighted by atomic mass is 10.2. The van der Waals surface area contributed by atoms with Crippen LogP contribution in [0.25, 0.3) is 0 Å². The zero-order chi connectivity index (χ0) is 19.6. The summed E-state index contributed by atoms with van der Waals surface area (Å²) in [4.78, 5) is 27.8. The number of benzene rings is 1. The predicted molar refractivity (Wildman–Crippen MR) is 105 cm³/mol. The molecule has 3 N–H and O–H groups in total. The molecule has 1 saturated heterocycles. The summed E-state index contributed by atoms with van der Waals surface area (Å²) in [6.45, 7) is 9.05. The maximum absolute atomic E-state index is 12.7. The molecule has 1 aromatic carbocycles. The summed E-state index contributed by atoms with van der Waals surface area (Å²) in [6, 6.07) is 9.50. The summed E-state index contributed by atoms with van der Waals surface area (Å²) >= 11 is 0. The van der Waals surface area contributed by atoms with Crippen molar-refractivity contribution >= 4 is 11.9 Å². The van der Waals surface area contributed by atoms with Crippen LogP contribution in [-0.2, 0) is 16.1 Å². The number of carbonyl (C=O) groups is 2. The van der Waals surface area contributed by atoms with Crippen molar-refractivity contribution in [1.29, 1.82) is 0 Å². The van der Waals surface area contributed by atoms with Crippen molar-refractivity contribution in [2.45, 2.75) is 32.9 Å². The van der Waals surface area contributed by atoms with Crippen LogP contribution in [0.1, 0.15) is 25.8 Å². The Balaban J connectivity index is 1.87. The normalized spacial score (nSPS) is 17.7. The zero-order valence-corrected chi connectivity index (χ0v) is 16.4. The van der Waals surface area contributed by atoms with E-state index in [9.17, 15) is 9.59 Å². The van der Waals surface area contributed by atoms with Crippen molar-refractivity contribution in [2.24, 2.45) is 11.7 Å². The van der Waals surface area contributed by atoms with Gasteiger partial charge in [-0.2, -0.15) is 0 Å². The molecule has 27 heavy (non-hydrogen) atoms. The molecular weight excluding hydrogens is 344 g/mol. The van der Waals surface area contributed by atoms with Gasteiger partial charge in [-0.3, -0.25) is 9.69 Å². The van der Waals surface area contributed by atoms with E-state index in [1.807, 2.05) is 30.3 Å². The number of nitrogens with one attached hydrogen (secondary N) is 1. The summed E-state index contributed by atoms with van der Waals surface area (Å²) in [6.07, 6.45) is 0.124. The topological polar surface area (TPSA) is 87.9 Å². The number of amides is 3. The van der Waals surface area contributed by atoms with E-state index < -0.39 is 5.91 Å². The van der Waals surface area contributed by atoms with Gasteiger partial charge < -0.3 is 20.7 Å². The summed E-state index contributed by atoms with van der Waals surface area (Å²) in [5.74, 6) is 0.189. The molecule has 1 aliphatic rings. The summed E-state index contributed by atoms with van der Waals surface area (Å²) < 4.78 is 5.79. The van der Waals surface area contributed by atoms with Gasteiger partial charge in [0.05, 0.1) is 12.7 Å². The molecule has 1 aromatic rings. The number of nitrogens with two attached hydrogens (primary N) is 1. The maximum Gasteiger partial charge on any atom is 0.317 e. The number of carbonyl (C=O) groups excluding carboxylic acids is 2. The second kappa shape index (κ2) is 10.9. The molecule has 1 aliphatic heterocycles. The van der Waals surface area contributed by atoms with Crippen molar-refractivity contribution in [3.63, 3.8) is 0 Å². The smallest absolute Gasteiger partial charge is 0.317 e. The van der Waals surface area contributed by atoms with Gasteiger partial charge in [0.2, 0.25) is 5.91 Å². The first-order chi connectivity index (χ1) is 12.9. The monoisotopic (exact) mass is 376 g/mol. The molecular formula is C20H32N4O3. The van der Waals surface area contributed by atoms with Crippen LogP contribution in [0.5, 0.6) is 0 Å². The van der Waals surface area contributed by atoms with Crippen molar-refractivity contribution in [1.82, 2.24) is 15.1 Å². The number of urea groups is 1. The lowest BCUT2D eigenvalue weighted by Gasteiger charge is -2.34. The first-order valence-electron chi connectivity index (χ1n) is 9.63. The van der Waals surface area contributed by atoms with E-state index in [-0.39, 0.29) is 18.6 Å². The zero-order valence-electron chi connectivity index (χ0n) is 16.4. The number of hydrogen-bond acceptors (Lipinski definition) is 4. The third-order valence-corrected chi connectivity index (χ3v) is 4.46. The van der Waals surface area contributed by atoms with Crippen LogP contribution in [0, 0.1) is 5.92 Å². The minimum Gasteiger partial charge on any atom is -0.374 e. The Labute approximate surface area is 161 Å². The fourth-order valence-electron chi connectivity index (χ4n) is 3.20. The Morgan fingerprint density at radius 1 is 1.33 bits per heavy atom. The number of rotatable bonds is 9. The Hall–Kier alpha value is -2.12. The van der Waals surface area contributed by atoms with Crippen molar-refractivity contribution in [2.75, 3.05) is 39.3 Å². The van der Waals surface area contributed by atoms with Gasteiger partial charge in [-0.25, -0.2) is 4.79 Å². The molecule has 7 heteroatoms. The number of primary amides is 1. The second-order valence-corrected chi connectivity index (χ2v) is 7.46. The summed E-state index contributed by atoms with van der Waals surface area (Å²) in [7, 11) is 0. The number of morpholine rings is 1. The quantitative estimate of drug-likeness (QED) is 0.682. The lowest BCUT2D eigenvalue weighted by Crippen LogP contribution is -2.50. The van der Waals surface area contributed by atoms with Crippen LogP contribution in [0.3, 0.4) is 0 Å². The van der Waals surface area contributed by atoms with E-state index in [0.717, 1.165) is 25.2 Å². The molecule has 0 aromatic heterocycles. The molecule has 0 radical (unpaired) electrons. The van der Waals surface area contributed by atoms with Crippen LogP contribution >= 0.6 is 0 Å². The SMILES string of the molecule is CC(C)CN1CCOC(CNC(=O)N(CCC(N)=O)Cc2ccccc2)C1. The minimum absolute atomic E-state index is 0.0174. The molecule has 2 rings (SSSR count). The molecule has 1 heterocycles. The Bertz CT molecular complexity index is 594. The molecule has 3 amide bonds. The molecule has 0 aliphatic carbocycles. The van der Waals surface area contributed by atoms with Crippen molar-refractivity contribution < 1.29 is 14.3 Å². The highest BCUT2D eigenvalue weighted by molar-refractivity contribution is 5.77. The number of nitrogens with zero attached hydrogens (tertiary/aromatic N) is 2. The third kappa shape index (κ3) is 7.97. The van der Waals surface area contributed by atoms with Gasteiger partial charge in [0.1, 0.15) is 0 Å². The van der Waals surface area contributed by atoms with Crippen LogP contribution in [0.15, 0.2) is 30.3 Å². The average Bonchev–Trinajstić information content (AvgIpc) is 2.63. The van der Waals surface area contributed by atoms with Crippen LogP contribution in [0.2, 0.25) is 0 Å². The Morgan fingerprint density at radius 3 is 2.74 bits per heavy atom. The fourth-order valence-corrected chi connectivity index (χ4v) is 3.20. The van der Waals surface area contributed by atoms with E-state index in [4.69, 9.17) is 10.5 Å². The Morgan fingerprint density at radius 2 is 2.07 bits per heavy atom. The van der Waals surface area contributed by atoms with Crippen LogP contribution < -0.4 is 11.1 Å². The standard InChI is InChI=1S/C20H32N4O3/c1-16(2)13-23-10-11-27-18(15-23)12-22-20(26)24(9-8-19(21)25)14-17-6-4-3-5-7-17/h3-7,16,18H,8-15H2,1-2H3,(H2,21,25)(H,22,26). The van der Waals surface area contributed by atoms with E-state index in [1.165, 1.54) is 0 Å². The number of hydrogen-bond donors (Lipinski definition) is 2. The molecule has 1 atom stereocenters. The van der Waals surface area contributed by atoms with Crippen LogP contribution in [-0.4, -0.2) is 67.2 Å². The number of ether oxygens (including phenoxy) is 1. The van der Waals surface area contributed by atoms with E-state index >= 15 is 0 Å². The molecule has 0 saturated carbocycles. The average molecular weight is 377 g/mol. The van der Waals surface area contributed by atoms with E-state index in [0.29, 0.717) is 32.2 Å². The molecule has 0 spiro atoms.